The van der Waals surface area contributed by atoms with Crippen LogP contribution in [0.1, 0.15) is 23.2 Å². The van der Waals surface area contributed by atoms with Crippen LogP contribution >= 0.6 is 11.6 Å². The Hall–Kier alpha value is -1.59. The summed E-state index contributed by atoms with van der Waals surface area (Å²) in [6, 6.07) is 6.86. The lowest BCUT2D eigenvalue weighted by Gasteiger charge is -2.31. The first kappa shape index (κ1) is 14.8. The highest BCUT2D eigenvalue weighted by Gasteiger charge is 2.22. The minimum absolute atomic E-state index is 0.00520. The number of piperidine rings is 1. The number of hydrogen-bond donors (Lipinski definition) is 2. The van der Waals surface area contributed by atoms with Crippen LogP contribution in [0.3, 0.4) is 0 Å². The fraction of sp³-hybridized carbons (Fsp3) is 0.429. The van der Waals surface area contributed by atoms with Crippen molar-refractivity contribution in [3.05, 3.63) is 34.9 Å². The summed E-state index contributed by atoms with van der Waals surface area (Å²) in [4.78, 5) is 24.7. The molecule has 108 valence electrons. The molecule has 1 aromatic rings. The van der Waals surface area contributed by atoms with Crippen LogP contribution in [0.2, 0.25) is 5.02 Å². The average molecular weight is 297 g/mol. The fourth-order valence-corrected chi connectivity index (χ4v) is 2.47. The van der Waals surface area contributed by atoms with Crippen molar-refractivity contribution in [2.24, 2.45) is 0 Å². The number of hydrogen-bond acceptors (Lipinski definition) is 3. The maximum Gasteiger partial charge on any atom is 0.404 e. The number of nitrogens with zero attached hydrogens (tertiary/aromatic N) is 1. The average Bonchev–Trinajstić information content (AvgIpc) is 2.41. The number of nitrogens with one attached hydrogen (secondary N) is 1. The van der Waals surface area contributed by atoms with Crippen molar-refractivity contribution >= 4 is 23.5 Å². The number of benzene rings is 1. The van der Waals surface area contributed by atoms with Gasteiger partial charge in [0.05, 0.1) is 6.54 Å². The molecular weight excluding hydrogens is 280 g/mol. The summed E-state index contributed by atoms with van der Waals surface area (Å²) in [5.74, 6) is 0.0614. The van der Waals surface area contributed by atoms with Crippen LogP contribution < -0.4 is 5.32 Å². The number of halogens is 1. The largest absolute Gasteiger partial charge is 0.465 e. The molecule has 5 nitrogen and oxygen atoms in total. The van der Waals surface area contributed by atoms with Crippen molar-refractivity contribution < 1.29 is 14.7 Å². The lowest BCUT2D eigenvalue weighted by molar-refractivity contribution is 0.0902. The molecule has 2 N–H and O–H groups in total. The van der Waals surface area contributed by atoms with Gasteiger partial charge in [-0.25, -0.2) is 4.79 Å². The summed E-state index contributed by atoms with van der Waals surface area (Å²) in [5.41, 5.74) is 0.653. The molecule has 1 amide bonds. The Morgan fingerprint density at radius 2 is 1.85 bits per heavy atom. The van der Waals surface area contributed by atoms with Gasteiger partial charge in [0.25, 0.3) is 0 Å². The van der Waals surface area contributed by atoms with Gasteiger partial charge in [-0.1, -0.05) is 11.6 Å². The first-order valence-electron chi connectivity index (χ1n) is 6.55. The SMILES string of the molecule is O=C(O)NC1CCN(CC(=O)c2ccc(Cl)cc2)CC1. The van der Waals surface area contributed by atoms with Gasteiger partial charge in [-0.3, -0.25) is 9.69 Å². The zero-order valence-electron chi connectivity index (χ0n) is 11.0. The number of likely N-dealkylation sites (tertiary alicyclic amines) is 1. The molecule has 1 fully saturated rings. The molecule has 0 spiro atoms. The van der Waals surface area contributed by atoms with Gasteiger partial charge >= 0.3 is 6.09 Å². The third-order valence-corrected chi connectivity index (χ3v) is 3.70. The molecular formula is C14H17ClN2O3. The highest BCUT2D eigenvalue weighted by Crippen LogP contribution is 2.13. The predicted molar refractivity (Wildman–Crippen MR) is 76.4 cm³/mol. The summed E-state index contributed by atoms with van der Waals surface area (Å²) in [6.45, 7) is 1.82. The number of carboxylic acid groups (broad SMARTS) is 1. The fourth-order valence-electron chi connectivity index (χ4n) is 2.34. The summed E-state index contributed by atoms with van der Waals surface area (Å²) in [7, 11) is 0. The molecule has 6 heteroatoms. The third kappa shape index (κ3) is 4.21. The molecule has 0 aliphatic carbocycles. The maximum absolute atomic E-state index is 12.1. The van der Waals surface area contributed by atoms with Gasteiger partial charge in [0.15, 0.2) is 5.78 Å². The van der Waals surface area contributed by atoms with Crippen LogP contribution in [0.4, 0.5) is 4.79 Å². The van der Waals surface area contributed by atoms with E-state index < -0.39 is 6.09 Å². The summed E-state index contributed by atoms with van der Waals surface area (Å²) >= 11 is 5.79. The Kier molecular flexibility index (Phi) is 4.98. The van der Waals surface area contributed by atoms with Crippen molar-refractivity contribution in [3.8, 4) is 0 Å². The molecule has 0 bridgehead atoms. The molecule has 0 saturated carbocycles. The van der Waals surface area contributed by atoms with E-state index in [9.17, 15) is 9.59 Å². The summed E-state index contributed by atoms with van der Waals surface area (Å²) in [5, 5.41) is 11.8. The highest BCUT2D eigenvalue weighted by molar-refractivity contribution is 6.30. The Morgan fingerprint density at radius 3 is 2.40 bits per heavy atom. The van der Waals surface area contributed by atoms with Gasteiger partial charge in [0.1, 0.15) is 0 Å². The molecule has 1 aliphatic rings. The number of carbonyl (C=O) groups is 2. The smallest absolute Gasteiger partial charge is 0.404 e. The van der Waals surface area contributed by atoms with Crippen LogP contribution in [0, 0.1) is 0 Å². The van der Waals surface area contributed by atoms with Gasteiger partial charge in [-0.15, -0.1) is 0 Å². The van der Waals surface area contributed by atoms with Crippen molar-refractivity contribution in [2.75, 3.05) is 19.6 Å². The first-order chi connectivity index (χ1) is 9.54. The van der Waals surface area contributed by atoms with E-state index in [0.29, 0.717) is 17.1 Å². The first-order valence-corrected chi connectivity index (χ1v) is 6.93. The zero-order chi connectivity index (χ0) is 14.5. The van der Waals surface area contributed by atoms with Crippen molar-refractivity contribution in [1.82, 2.24) is 10.2 Å². The maximum atomic E-state index is 12.1. The summed E-state index contributed by atoms with van der Waals surface area (Å²) < 4.78 is 0. The number of rotatable bonds is 4. The van der Waals surface area contributed by atoms with Gasteiger partial charge in [-0.2, -0.15) is 0 Å². The molecule has 0 radical (unpaired) electrons. The van der Waals surface area contributed by atoms with E-state index >= 15 is 0 Å². The Labute approximate surface area is 122 Å². The van der Waals surface area contributed by atoms with Gasteiger partial charge in [-0.05, 0) is 37.1 Å². The number of Topliss-reactive ketones (excluding diaryl/α,β-unsaturated/α-hetero) is 1. The molecule has 1 heterocycles. The minimum Gasteiger partial charge on any atom is -0.465 e. The van der Waals surface area contributed by atoms with E-state index in [1.165, 1.54) is 0 Å². The van der Waals surface area contributed by atoms with Crippen LogP contribution in [0.25, 0.3) is 0 Å². The lowest BCUT2D eigenvalue weighted by atomic mass is 10.0. The number of amides is 1. The Balaban J connectivity index is 1.82. The molecule has 1 aromatic carbocycles. The van der Waals surface area contributed by atoms with Gasteiger partial charge in [0, 0.05) is 29.7 Å². The number of carbonyl (C=O) groups excluding carboxylic acids is 1. The van der Waals surface area contributed by atoms with Crippen LogP contribution in [-0.4, -0.2) is 47.6 Å². The molecule has 0 atom stereocenters. The van der Waals surface area contributed by atoms with Crippen LogP contribution in [0.5, 0.6) is 0 Å². The van der Waals surface area contributed by atoms with Gasteiger partial charge < -0.3 is 10.4 Å². The van der Waals surface area contributed by atoms with E-state index in [0.717, 1.165) is 25.9 Å². The minimum atomic E-state index is -0.985. The second kappa shape index (κ2) is 6.72. The van der Waals surface area contributed by atoms with Crippen LogP contribution in [0.15, 0.2) is 24.3 Å². The quantitative estimate of drug-likeness (QED) is 0.836. The molecule has 0 unspecified atom stereocenters. The van der Waals surface area contributed by atoms with Crippen molar-refractivity contribution in [2.45, 2.75) is 18.9 Å². The zero-order valence-corrected chi connectivity index (χ0v) is 11.8. The van der Waals surface area contributed by atoms with Crippen molar-refractivity contribution in [1.29, 1.82) is 0 Å². The molecule has 2 rings (SSSR count). The number of ketones is 1. The summed E-state index contributed by atoms with van der Waals surface area (Å²) in [6.07, 6.45) is 0.487. The Bertz CT molecular complexity index is 482. The second-order valence-electron chi connectivity index (χ2n) is 4.93. The Morgan fingerprint density at radius 1 is 1.25 bits per heavy atom. The van der Waals surface area contributed by atoms with Gasteiger partial charge in [0.2, 0.25) is 0 Å². The van der Waals surface area contributed by atoms with E-state index in [1.807, 2.05) is 0 Å². The normalized spacial score (nSPS) is 16.9. The molecule has 1 aliphatic heterocycles. The van der Waals surface area contributed by atoms with Crippen molar-refractivity contribution in [3.63, 3.8) is 0 Å². The topological polar surface area (TPSA) is 69.6 Å². The predicted octanol–water partition coefficient (Wildman–Crippen LogP) is 2.25. The molecule has 0 aromatic heterocycles. The highest BCUT2D eigenvalue weighted by atomic mass is 35.5. The second-order valence-corrected chi connectivity index (χ2v) is 5.37. The van der Waals surface area contributed by atoms with E-state index in [2.05, 4.69) is 10.2 Å². The lowest BCUT2D eigenvalue weighted by Crippen LogP contribution is -2.45. The van der Waals surface area contributed by atoms with E-state index in [4.69, 9.17) is 16.7 Å². The monoisotopic (exact) mass is 296 g/mol. The third-order valence-electron chi connectivity index (χ3n) is 3.45. The van der Waals surface area contributed by atoms with E-state index in [1.54, 1.807) is 24.3 Å². The standard InChI is InChI=1S/C14H17ClN2O3/c15-11-3-1-10(2-4-11)13(18)9-17-7-5-12(6-8-17)16-14(19)20/h1-4,12,16H,5-9H2,(H,19,20). The molecule has 1 saturated heterocycles. The van der Waals surface area contributed by atoms with E-state index in [-0.39, 0.29) is 11.8 Å². The van der Waals surface area contributed by atoms with Crippen LogP contribution in [-0.2, 0) is 0 Å². The molecule has 20 heavy (non-hydrogen) atoms.